The van der Waals surface area contributed by atoms with Gasteiger partial charge in [0.05, 0.1) is 11.3 Å². The molecule has 2 aliphatic heterocycles. The second-order valence-electron chi connectivity index (χ2n) is 8.64. The minimum absolute atomic E-state index is 0.0532. The molecular formula is C22H24F3N7. The van der Waals surface area contributed by atoms with Gasteiger partial charge in [0.1, 0.15) is 12.1 Å². The summed E-state index contributed by atoms with van der Waals surface area (Å²) in [5.41, 5.74) is 7.48. The number of likely N-dealkylation sites (tertiary alicyclic amines) is 1. The highest BCUT2D eigenvalue weighted by molar-refractivity contribution is 5.63. The molecule has 0 amide bonds. The first-order chi connectivity index (χ1) is 15.3. The molecule has 5 rings (SSSR count). The van der Waals surface area contributed by atoms with Crippen molar-refractivity contribution in [3.63, 3.8) is 0 Å². The Morgan fingerprint density at radius 3 is 2.59 bits per heavy atom. The lowest BCUT2D eigenvalue weighted by Gasteiger charge is -2.29. The van der Waals surface area contributed by atoms with E-state index in [0.29, 0.717) is 11.3 Å². The molecule has 1 saturated heterocycles. The zero-order valence-electron chi connectivity index (χ0n) is 17.7. The predicted molar refractivity (Wildman–Crippen MR) is 112 cm³/mol. The van der Waals surface area contributed by atoms with Crippen LogP contribution in [0.2, 0.25) is 0 Å². The van der Waals surface area contributed by atoms with E-state index in [4.69, 9.17) is 5.73 Å². The average Bonchev–Trinajstić information content (AvgIpc) is 3.46. The van der Waals surface area contributed by atoms with E-state index in [2.05, 4.69) is 31.9 Å². The summed E-state index contributed by atoms with van der Waals surface area (Å²) in [4.78, 5) is 14.6. The van der Waals surface area contributed by atoms with E-state index in [1.807, 2.05) is 23.1 Å². The fourth-order valence-electron chi connectivity index (χ4n) is 5.22. The maximum absolute atomic E-state index is 13.3. The molecule has 1 fully saturated rings. The number of fused-ring (bicyclic) bond motifs is 2. The van der Waals surface area contributed by atoms with Crippen molar-refractivity contribution in [2.45, 2.75) is 50.4 Å². The van der Waals surface area contributed by atoms with Crippen molar-refractivity contribution in [2.24, 2.45) is 0 Å². The molecule has 10 heteroatoms. The number of hydrogen-bond acceptors (Lipinski definition) is 6. The summed E-state index contributed by atoms with van der Waals surface area (Å²) in [6, 6.07) is 3.20. The smallest absolute Gasteiger partial charge is 0.383 e. The Bertz CT molecular complexity index is 1130. The number of nitrogens with zero attached hydrogens (tertiary/aromatic N) is 6. The molecule has 0 aliphatic carbocycles. The van der Waals surface area contributed by atoms with Gasteiger partial charge >= 0.3 is 6.18 Å². The molecule has 2 atom stereocenters. The van der Waals surface area contributed by atoms with Gasteiger partial charge in [-0.3, -0.25) is 9.58 Å². The van der Waals surface area contributed by atoms with Gasteiger partial charge in [-0.05, 0) is 37.9 Å². The highest BCUT2D eigenvalue weighted by atomic mass is 19.4. The Balaban J connectivity index is 1.44. The van der Waals surface area contributed by atoms with Crippen LogP contribution >= 0.6 is 0 Å². The summed E-state index contributed by atoms with van der Waals surface area (Å²) >= 11 is 0. The molecule has 3 aromatic heterocycles. The maximum atomic E-state index is 13.3. The van der Waals surface area contributed by atoms with Gasteiger partial charge in [-0.15, -0.1) is 0 Å². The van der Waals surface area contributed by atoms with Gasteiger partial charge in [-0.25, -0.2) is 15.0 Å². The molecule has 3 aromatic rings. The summed E-state index contributed by atoms with van der Waals surface area (Å²) < 4.78 is 41.8. The molecule has 7 nitrogen and oxygen atoms in total. The average molecular weight is 443 g/mol. The third kappa shape index (κ3) is 3.42. The van der Waals surface area contributed by atoms with E-state index in [1.165, 1.54) is 12.5 Å². The monoisotopic (exact) mass is 443 g/mol. The van der Waals surface area contributed by atoms with Crippen molar-refractivity contribution < 1.29 is 13.2 Å². The number of aryl methyl sites for hydroxylation is 1. The van der Waals surface area contributed by atoms with E-state index in [0.717, 1.165) is 56.2 Å². The van der Waals surface area contributed by atoms with Crippen molar-refractivity contribution in [2.75, 3.05) is 18.8 Å². The third-order valence-corrected chi connectivity index (χ3v) is 6.82. The SMILES string of the molecule is CCC(c1cncnc1)N1CC[C@@]2(CCn3nc(-c4cnc(N)c(C(F)(F)F)c4)cc32)C1. The Morgan fingerprint density at radius 2 is 1.88 bits per heavy atom. The topological polar surface area (TPSA) is 85.8 Å². The lowest BCUT2D eigenvalue weighted by atomic mass is 9.82. The molecule has 1 spiro atoms. The van der Waals surface area contributed by atoms with Crippen molar-refractivity contribution in [1.29, 1.82) is 0 Å². The number of anilines is 1. The summed E-state index contributed by atoms with van der Waals surface area (Å²) in [5.74, 6) is -0.522. The Kier molecular flexibility index (Phi) is 4.92. The molecule has 1 unspecified atom stereocenters. The third-order valence-electron chi connectivity index (χ3n) is 6.82. The highest BCUT2D eigenvalue weighted by Crippen LogP contribution is 2.46. The van der Waals surface area contributed by atoms with Crippen LogP contribution in [0, 0.1) is 0 Å². The standard InChI is InChI=1S/C22H24F3N7/c1-2-18(15-9-27-13-28-10-15)31-5-3-21(12-31)4-6-32-19(21)8-17(30-32)14-7-16(22(23,24)25)20(26)29-11-14/h7-11,13,18H,2-6,12H2,1H3,(H2,26,29)/t18?,21-/m1/s1. The molecule has 0 bridgehead atoms. The number of hydrogen-bond donors (Lipinski definition) is 1. The zero-order valence-corrected chi connectivity index (χ0v) is 17.7. The fraction of sp³-hybridized carbons (Fsp3) is 0.455. The van der Waals surface area contributed by atoms with E-state index >= 15 is 0 Å². The van der Waals surface area contributed by atoms with Gasteiger partial charge in [0, 0.05) is 60.0 Å². The summed E-state index contributed by atoms with van der Waals surface area (Å²) in [5, 5.41) is 4.61. The fourth-order valence-corrected chi connectivity index (χ4v) is 5.22. The van der Waals surface area contributed by atoms with Crippen molar-refractivity contribution in [1.82, 2.24) is 29.6 Å². The number of rotatable bonds is 4. The molecule has 0 radical (unpaired) electrons. The number of pyridine rings is 1. The second-order valence-corrected chi connectivity index (χ2v) is 8.64. The first kappa shape index (κ1) is 20.9. The number of halogens is 3. The van der Waals surface area contributed by atoms with Crippen molar-refractivity contribution >= 4 is 5.82 Å². The van der Waals surface area contributed by atoms with Gasteiger partial charge in [0.15, 0.2) is 0 Å². The quantitative estimate of drug-likeness (QED) is 0.660. The normalized spacial score (nSPS) is 21.9. The number of alkyl halides is 3. The molecular weight excluding hydrogens is 419 g/mol. The van der Waals surface area contributed by atoms with Crippen LogP contribution in [0.3, 0.4) is 0 Å². The van der Waals surface area contributed by atoms with Crippen LogP contribution in [0.4, 0.5) is 19.0 Å². The van der Waals surface area contributed by atoms with Crippen LogP contribution in [0.25, 0.3) is 11.3 Å². The van der Waals surface area contributed by atoms with Crippen LogP contribution in [-0.4, -0.2) is 42.7 Å². The van der Waals surface area contributed by atoms with E-state index in [-0.39, 0.29) is 11.5 Å². The second kappa shape index (κ2) is 7.54. The number of aromatic nitrogens is 5. The van der Waals surface area contributed by atoms with Crippen molar-refractivity contribution in [3.05, 3.63) is 53.9 Å². The number of nitrogen functional groups attached to an aromatic ring is 1. The molecule has 2 aliphatic rings. The predicted octanol–water partition coefficient (Wildman–Crippen LogP) is 3.83. The Hall–Kier alpha value is -3.01. The first-order valence-electron chi connectivity index (χ1n) is 10.7. The first-order valence-corrected chi connectivity index (χ1v) is 10.7. The Morgan fingerprint density at radius 1 is 1.12 bits per heavy atom. The molecule has 5 heterocycles. The van der Waals surface area contributed by atoms with Gasteiger partial charge in [-0.2, -0.15) is 18.3 Å². The van der Waals surface area contributed by atoms with Crippen LogP contribution in [0.15, 0.2) is 37.1 Å². The minimum Gasteiger partial charge on any atom is -0.383 e. The lowest BCUT2D eigenvalue weighted by Crippen LogP contribution is -2.31. The van der Waals surface area contributed by atoms with Gasteiger partial charge in [0.25, 0.3) is 0 Å². The van der Waals surface area contributed by atoms with E-state index in [1.54, 1.807) is 0 Å². The summed E-state index contributed by atoms with van der Waals surface area (Å²) in [6.07, 6.45) is 4.99. The number of nitrogens with two attached hydrogens (primary N) is 1. The van der Waals surface area contributed by atoms with Crippen LogP contribution in [-0.2, 0) is 18.1 Å². The molecule has 168 valence electrons. The van der Waals surface area contributed by atoms with Gasteiger partial charge in [-0.1, -0.05) is 6.92 Å². The van der Waals surface area contributed by atoms with Crippen molar-refractivity contribution in [3.8, 4) is 11.3 Å². The lowest BCUT2D eigenvalue weighted by molar-refractivity contribution is -0.137. The molecule has 0 aromatic carbocycles. The zero-order chi connectivity index (χ0) is 22.5. The minimum atomic E-state index is -4.56. The van der Waals surface area contributed by atoms with E-state index in [9.17, 15) is 13.2 Å². The van der Waals surface area contributed by atoms with Gasteiger partial charge < -0.3 is 5.73 Å². The maximum Gasteiger partial charge on any atom is 0.419 e. The highest BCUT2D eigenvalue weighted by Gasteiger charge is 2.47. The van der Waals surface area contributed by atoms with Crippen LogP contribution in [0.5, 0.6) is 0 Å². The largest absolute Gasteiger partial charge is 0.419 e. The summed E-state index contributed by atoms with van der Waals surface area (Å²) in [6.45, 7) is 4.73. The Labute approximate surface area is 183 Å². The summed E-state index contributed by atoms with van der Waals surface area (Å²) in [7, 11) is 0. The van der Waals surface area contributed by atoms with Crippen LogP contribution < -0.4 is 5.73 Å². The molecule has 2 N–H and O–H groups in total. The molecule has 0 saturated carbocycles. The molecule has 32 heavy (non-hydrogen) atoms. The van der Waals surface area contributed by atoms with Gasteiger partial charge in [0.2, 0.25) is 0 Å². The van der Waals surface area contributed by atoms with E-state index < -0.39 is 17.6 Å². The van der Waals surface area contributed by atoms with Crippen LogP contribution in [0.1, 0.15) is 49.0 Å².